The van der Waals surface area contributed by atoms with Crippen molar-refractivity contribution in [2.24, 2.45) is 5.92 Å². The van der Waals surface area contributed by atoms with Crippen molar-refractivity contribution in [3.63, 3.8) is 0 Å². The smallest absolute Gasteiger partial charge is 0.246 e. The van der Waals surface area contributed by atoms with Gasteiger partial charge in [-0.2, -0.15) is 6.41 Å². The van der Waals surface area contributed by atoms with Gasteiger partial charge >= 0.3 is 0 Å². The van der Waals surface area contributed by atoms with Crippen molar-refractivity contribution in [1.29, 1.82) is 0 Å². The Hall–Kier alpha value is -3.41. The molecule has 1 aromatic carbocycles. The van der Waals surface area contributed by atoms with E-state index in [2.05, 4.69) is 16.0 Å². The minimum absolute atomic E-state index is 0. The summed E-state index contributed by atoms with van der Waals surface area (Å²) in [7, 11) is 0. The van der Waals surface area contributed by atoms with Crippen LogP contribution in [0.2, 0.25) is 0 Å². The molecule has 138 valence electrons. The van der Waals surface area contributed by atoms with Gasteiger partial charge in [0.2, 0.25) is 11.8 Å². The summed E-state index contributed by atoms with van der Waals surface area (Å²) in [4.78, 5) is 34.6. The maximum absolute atomic E-state index is 12.1. The predicted molar refractivity (Wildman–Crippen MR) is 86.1 cm³/mol. The van der Waals surface area contributed by atoms with E-state index >= 15 is 0 Å². The van der Waals surface area contributed by atoms with Crippen molar-refractivity contribution in [3.05, 3.63) is 29.8 Å². The van der Waals surface area contributed by atoms with Gasteiger partial charge in [0, 0.05) is 5.69 Å². The van der Waals surface area contributed by atoms with E-state index in [1.54, 1.807) is 45.0 Å². The van der Waals surface area contributed by atoms with Crippen LogP contribution in [0.15, 0.2) is 24.3 Å². The van der Waals surface area contributed by atoms with Gasteiger partial charge in [0.1, 0.15) is 6.04 Å². The number of rotatable bonds is 8. The Labute approximate surface area is 135 Å². The van der Waals surface area contributed by atoms with Crippen LogP contribution >= 0.6 is 0 Å². The van der Waals surface area contributed by atoms with Crippen molar-refractivity contribution in [1.82, 2.24) is 10.6 Å². The summed E-state index contributed by atoms with van der Waals surface area (Å²) in [5, 5.41) is 16.5. The zero-order valence-electron chi connectivity index (χ0n) is 13.7. The van der Waals surface area contributed by atoms with E-state index in [0.717, 1.165) is 5.56 Å². The maximum Gasteiger partial charge on any atom is 0.246 e. The summed E-state index contributed by atoms with van der Waals surface area (Å²) in [6.45, 7) is 5.04. The van der Waals surface area contributed by atoms with Crippen molar-refractivity contribution >= 4 is 23.9 Å². The van der Waals surface area contributed by atoms with Crippen LogP contribution < -0.4 is 16.0 Å². The molecule has 7 nitrogen and oxygen atoms in total. The number of amides is 3. The third kappa shape index (κ3) is 5.76. The summed E-state index contributed by atoms with van der Waals surface area (Å²) in [5.41, 5.74) is 1.30. The Morgan fingerprint density at radius 2 is 1.71 bits per heavy atom. The van der Waals surface area contributed by atoms with E-state index in [1.807, 2.05) is 0 Å². The topological polar surface area (TPSA) is 108 Å². The number of carbonyl (C=O) groups is 2. The molecule has 0 aromatic heterocycles. The number of carbonyl (C=O) groups excluding carboxylic acids is 3. The first-order valence-electron chi connectivity index (χ1n) is 7.32. The second-order valence-electron chi connectivity index (χ2n) is 5.54. The van der Waals surface area contributed by atoms with Gasteiger partial charge in [-0.1, -0.05) is 26.0 Å². The van der Waals surface area contributed by atoms with Gasteiger partial charge in [-0.3, -0.25) is 9.59 Å². The van der Waals surface area contributed by atoms with Crippen LogP contribution in [0.3, 0.4) is 0 Å². The van der Waals surface area contributed by atoms with Crippen molar-refractivity contribution in [3.8, 4) is 0 Å². The van der Waals surface area contributed by atoms with Gasteiger partial charge in [-0.05, 0) is 30.5 Å². The third-order valence-electron chi connectivity index (χ3n) is 3.32. The van der Waals surface area contributed by atoms with Crippen molar-refractivity contribution in [2.75, 3.05) is 5.32 Å². The molecule has 0 saturated heterocycles. The number of nitrogens with one attached hydrogen (secondary N) is 3. The van der Waals surface area contributed by atoms with Crippen molar-refractivity contribution in [2.45, 2.75) is 39.5 Å². The second-order valence-corrected chi connectivity index (χ2v) is 5.54. The fraction of sp³-hybridized carbons (Fsp3) is 0.438. The Morgan fingerprint density at radius 1 is 1.12 bits per heavy atom. The molecule has 1 aromatic rings. The molecule has 0 aliphatic rings. The molecule has 4 N–H and O–H groups in total. The van der Waals surface area contributed by atoms with Crippen LogP contribution in [0.5, 0.6) is 0 Å². The molecule has 2 atom stereocenters. The molecule has 8 heteroatoms. The van der Waals surface area contributed by atoms with Gasteiger partial charge in [0.05, 0.1) is 12.6 Å². The standard InChI is InChI=1S/C16H22N3O4.Fm/c1-10(2)14(17-9-21)16(23)18-11(3)15(22)19-13-6-4-12(8-20)5-7-13;/h4-7,10-11,14,20H,8H2,1-3H3,(H,17,21)(H,18,23)(H,19,22);/q-1;/t11-,14?;/m0./s1. The number of aliphatic hydroxyl groups is 1. The van der Waals surface area contributed by atoms with Gasteiger partial charge < -0.3 is 25.9 Å². The zero-order chi connectivity index (χ0) is 17.4. The Balaban J connectivity index is 0.00000529. The average molecular weight is 577 g/mol. The Morgan fingerprint density at radius 3 is 2.17 bits per heavy atom. The minimum Gasteiger partial charge on any atom is -0.520 e. The van der Waals surface area contributed by atoms with E-state index in [1.165, 1.54) is 6.41 Å². The molecule has 0 fully saturated rings. The predicted octanol–water partition coefficient (Wildman–Crippen LogP) is 0.304. The monoisotopic (exact) mass is 577 g/mol. The van der Waals surface area contributed by atoms with Crippen LogP contribution in [0.4, 0.5) is 5.69 Å². The Bertz CT molecular complexity index is 549. The molecule has 0 aliphatic heterocycles. The van der Waals surface area contributed by atoms with E-state index < -0.39 is 18.0 Å². The largest absolute Gasteiger partial charge is 0.520 e. The number of benzene rings is 1. The van der Waals surface area contributed by atoms with Gasteiger partial charge in [0.15, 0.2) is 0 Å². The number of hydrogen-bond donors (Lipinski definition) is 4. The molecule has 0 radical (unpaired) electrons. The van der Waals surface area contributed by atoms with E-state index in [0.29, 0.717) is 5.69 Å². The summed E-state index contributed by atoms with van der Waals surface area (Å²) in [5.74, 6) is -0.952. The molecule has 0 bridgehead atoms. The summed E-state index contributed by atoms with van der Waals surface area (Å²) in [6, 6.07) is 5.20. The molecule has 0 heterocycles. The van der Waals surface area contributed by atoms with Crippen LogP contribution in [0.1, 0.15) is 26.3 Å². The molecule has 3 amide bonds. The molecular weight excluding hydrogens is 555 g/mol. The van der Waals surface area contributed by atoms with Crippen LogP contribution in [0.25, 0.3) is 0 Å². The molecule has 0 saturated carbocycles. The van der Waals surface area contributed by atoms with Gasteiger partial charge in [-0.25, -0.2) is 0 Å². The first-order chi connectivity index (χ1) is 10.9. The average Bonchev–Trinajstić information content (AvgIpc) is 2.52. The summed E-state index contributed by atoms with van der Waals surface area (Å²) in [6.07, 6.45) is 1.50. The number of hydrogen-bond acceptors (Lipinski definition) is 4. The fourth-order valence-corrected chi connectivity index (χ4v) is 1.91. The second kappa shape index (κ2) is 9.58. The van der Waals surface area contributed by atoms with E-state index in [4.69, 9.17) is 5.11 Å². The third-order valence-corrected chi connectivity index (χ3v) is 3.32. The first kappa shape index (κ1) is 20.6. The number of anilines is 1. The summed E-state index contributed by atoms with van der Waals surface area (Å²) < 4.78 is 0. The molecule has 1 rings (SSSR count). The van der Waals surface area contributed by atoms with Crippen LogP contribution in [0, 0.1) is 5.92 Å². The molecule has 0 aliphatic carbocycles. The molecule has 1 unspecified atom stereocenters. The first-order valence-corrected chi connectivity index (χ1v) is 7.32. The normalized spacial score (nSPS) is 12.5. The fourth-order valence-electron chi connectivity index (χ4n) is 1.91. The van der Waals surface area contributed by atoms with Gasteiger partial charge in [0.25, 0.3) is 0 Å². The maximum atomic E-state index is 12.1. The molecule has 24 heavy (non-hydrogen) atoms. The van der Waals surface area contributed by atoms with Crippen LogP contribution in [-0.2, 0) is 21.0 Å². The van der Waals surface area contributed by atoms with E-state index in [9.17, 15) is 14.4 Å². The zero-order valence-corrected chi connectivity index (χ0v) is 16.1. The quantitative estimate of drug-likeness (QED) is 0.264. The SMILES string of the molecule is CC(C)C(N[C-]=O)C(=O)N[C@@H](C)C(=O)Nc1ccc(CO)cc1.[Fm]. The molecular formula is C16H22FmN3O4-. The molecule has 0 spiro atoms. The summed E-state index contributed by atoms with van der Waals surface area (Å²) >= 11 is 0. The van der Waals surface area contributed by atoms with Crippen LogP contribution in [-0.4, -0.2) is 35.4 Å². The van der Waals surface area contributed by atoms with Gasteiger partial charge in [-0.15, -0.1) is 0 Å². The minimum atomic E-state index is -0.769. The Kier molecular flexibility index (Phi) is 8.21. The van der Waals surface area contributed by atoms with E-state index in [-0.39, 0.29) is 18.4 Å². The number of aliphatic hydroxyl groups excluding tert-OH is 1. The van der Waals surface area contributed by atoms with Crippen molar-refractivity contribution < 1.29 is 19.5 Å².